The minimum atomic E-state index is -3.60. The van der Waals surface area contributed by atoms with E-state index in [1.165, 1.54) is 4.31 Å². The molecule has 0 aliphatic rings. The van der Waals surface area contributed by atoms with Crippen molar-refractivity contribution < 1.29 is 22.7 Å². The molecule has 0 spiro atoms. The molecule has 0 bridgehead atoms. The van der Waals surface area contributed by atoms with Crippen LogP contribution in [0.4, 0.5) is 5.69 Å². The molecule has 2 rings (SSSR count). The van der Waals surface area contributed by atoms with Crippen molar-refractivity contribution in [2.45, 2.75) is 58.9 Å². The topological polar surface area (TPSA) is 96.0 Å². The van der Waals surface area contributed by atoms with E-state index in [1.807, 2.05) is 37.3 Å². The van der Waals surface area contributed by atoms with Gasteiger partial charge in [-0.05, 0) is 50.8 Å². The average Bonchev–Trinajstić information content (AvgIpc) is 2.87. The smallest absolute Gasteiger partial charge is 0.242 e. The maximum atomic E-state index is 13.3. The number of amides is 2. The van der Waals surface area contributed by atoms with Gasteiger partial charge in [0.2, 0.25) is 21.8 Å². The van der Waals surface area contributed by atoms with Crippen molar-refractivity contribution in [1.82, 2.24) is 10.2 Å². The predicted molar refractivity (Wildman–Crippen MR) is 148 cm³/mol. The first-order valence-electron chi connectivity index (χ1n) is 13.0. The molecule has 0 saturated heterocycles. The zero-order valence-electron chi connectivity index (χ0n) is 22.5. The largest absolute Gasteiger partial charge is 0.492 e. The van der Waals surface area contributed by atoms with Gasteiger partial charge in [-0.3, -0.25) is 13.9 Å². The number of nitrogens with one attached hydrogen (secondary N) is 1. The molecule has 2 aromatic carbocycles. The van der Waals surface area contributed by atoms with Gasteiger partial charge < -0.3 is 15.0 Å². The Hall–Kier alpha value is -3.07. The standard InChI is InChI=1S/C28H41N3O5S/c1-5-7-20-29-28(33)23(3)30(22-19-24-14-9-8-10-15-24)27(32)18-13-21-31(37(4,34)35)25-16-11-12-17-26(25)36-6-2/h8-12,14-17,23H,5-7,13,18-22H2,1-4H3,(H,29,33)/t23-/m1/s1. The number of sulfonamides is 1. The Bertz CT molecular complexity index is 1090. The van der Waals surface area contributed by atoms with Crippen molar-refractivity contribution in [3.63, 3.8) is 0 Å². The van der Waals surface area contributed by atoms with Gasteiger partial charge in [0.25, 0.3) is 0 Å². The highest BCUT2D eigenvalue weighted by Gasteiger charge is 2.26. The van der Waals surface area contributed by atoms with Crippen LogP contribution in [-0.2, 0) is 26.0 Å². The number of benzene rings is 2. The number of carbonyl (C=O) groups excluding carboxylic acids is 2. The van der Waals surface area contributed by atoms with Gasteiger partial charge in [-0.15, -0.1) is 0 Å². The average molecular weight is 532 g/mol. The zero-order valence-corrected chi connectivity index (χ0v) is 23.3. The second kappa shape index (κ2) is 15.2. The van der Waals surface area contributed by atoms with E-state index >= 15 is 0 Å². The monoisotopic (exact) mass is 531 g/mol. The Labute approximate surface area is 222 Å². The molecule has 1 atom stereocenters. The van der Waals surface area contributed by atoms with Crippen LogP contribution in [0.5, 0.6) is 5.75 Å². The van der Waals surface area contributed by atoms with Crippen LogP contribution < -0.4 is 14.4 Å². The molecule has 0 heterocycles. The van der Waals surface area contributed by atoms with Gasteiger partial charge in [0.1, 0.15) is 11.8 Å². The van der Waals surface area contributed by atoms with Gasteiger partial charge in [-0.2, -0.15) is 0 Å². The lowest BCUT2D eigenvalue weighted by Gasteiger charge is -2.29. The Morgan fingerprint density at radius 2 is 1.65 bits per heavy atom. The molecule has 204 valence electrons. The molecule has 9 heteroatoms. The SMILES string of the molecule is CCCCNC(=O)[C@@H](C)N(CCc1ccccc1)C(=O)CCCN(c1ccccc1OCC)S(C)(=O)=O. The normalized spacial score (nSPS) is 12.0. The van der Waals surface area contributed by atoms with Crippen molar-refractivity contribution in [2.24, 2.45) is 0 Å². The lowest BCUT2D eigenvalue weighted by molar-refractivity contribution is -0.139. The summed E-state index contributed by atoms with van der Waals surface area (Å²) in [4.78, 5) is 27.7. The van der Waals surface area contributed by atoms with E-state index in [2.05, 4.69) is 12.2 Å². The lowest BCUT2D eigenvalue weighted by atomic mass is 10.1. The molecule has 37 heavy (non-hydrogen) atoms. The van der Waals surface area contributed by atoms with Gasteiger partial charge in [0.15, 0.2) is 0 Å². The predicted octanol–water partition coefficient (Wildman–Crippen LogP) is 4.01. The van der Waals surface area contributed by atoms with Gasteiger partial charge >= 0.3 is 0 Å². The van der Waals surface area contributed by atoms with Crippen molar-refractivity contribution in [3.8, 4) is 5.75 Å². The van der Waals surface area contributed by atoms with E-state index in [4.69, 9.17) is 4.74 Å². The molecule has 0 aromatic heterocycles. The maximum absolute atomic E-state index is 13.3. The second-order valence-electron chi connectivity index (χ2n) is 8.98. The highest BCUT2D eigenvalue weighted by atomic mass is 32.2. The second-order valence-corrected chi connectivity index (χ2v) is 10.9. The van der Waals surface area contributed by atoms with E-state index in [1.54, 1.807) is 36.1 Å². The number of carbonyl (C=O) groups is 2. The molecular weight excluding hydrogens is 490 g/mol. The van der Waals surface area contributed by atoms with E-state index < -0.39 is 16.1 Å². The van der Waals surface area contributed by atoms with E-state index in [0.29, 0.717) is 44.0 Å². The molecule has 0 unspecified atom stereocenters. The molecule has 0 aliphatic heterocycles. The summed E-state index contributed by atoms with van der Waals surface area (Å²) in [5.74, 6) is 0.113. The zero-order chi connectivity index (χ0) is 27.3. The van der Waals surface area contributed by atoms with Crippen LogP contribution in [0.3, 0.4) is 0 Å². The molecule has 1 N–H and O–H groups in total. The third-order valence-electron chi connectivity index (χ3n) is 6.07. The van der Waals surface area contributed by atoms with E-state index in [0.717, 1.165) is 24.7 Å². The molecule has 8 nitrogen and oxygen atoms in total. The van der Waals surface area contributed by atoms with Gasteiger partial charge in [0, 0.05) is 26.1 Å². The van der Waals surface area contributed by atoms with Crippen LogP contribution in [0, 0.1) is 0 Å². The Morgan fingerprint density at radius 3 is 2.30 bits per heavy atom. The van der Waals surface area contributed by atoms with Gasteiger partial charge in [-0.1, -0.05) is 55.8 Å². The summed E-state index contributed by atoms with van der Waals surface area (Å²) in [6, 6.07) is 16.2. The summed E-state index contributed by atoms with van der Waals surface area (Å²) in [6.07, 6.45) is 4.03. The summed E-state index contributed by atoms with van der Waals surface area (Å²) in [5, 5.41) is 2.92. The van der Waals surface area contributed by atoms with Crippen molar-refractivity contribution >= 4 is 27.5 Å². The Balaban J connectivity index is 2.13. The first-order valence-corrected chi connectivity index (χ1v) is 14.8. The van der Waals surface area contributed by atoms with Crippen LogP contribution >= 0.6 is 0 Å². The minimum absolute atomic E-state index is 0.115. The minimum Gasteiger partial charge on any atom is -0.492 e. The summed E-state index contributed by atoms with van der Waals surface area (Å²) in [6.45, 7) is 7.13. The molecule has 2 aromatic rings. The lowest BCUT2D eigenvalue weighted by Crippen LogP contribution is -2.49. The van der Waals surface area contributed by atoms with Crippen LogP contribution in [-0.4, -0.2) is 63.7 Å². The van der Waals surface area contributed by atoms with Crippen molar-refractivity contribution in [1.29, 1.82) is 0 Å². The third-order valence-corrected chi connectivity index (χ3v) is 7.25. The van der Waals surface area contributed by atoms with Gasteiger partial charge in [0.05, 0.1) is 18.6 Å². The number of para-hydroxylation sites is 2. The number of ether oxygens (including phenoxy) is 1. The van der Waals surface area contributed by atoms with Crippen LogP contribution in [0.2, 0.25) is 0 Å². The molecule has 0 aliphatic carbocycles. The molecule has 0 radical (unpaired) electrons. The fraction of sp³-hybridized carbons (Fsp3) is 0.500. The quantitative estimate of drug-likeness (QED) is 0.330. The first kappa shape index (κ1) is 30.2. The van der Waals surface area contributed by atoms with Crippen molar-refractivity contribution in [2.75, 3.05) is 36.8 Å². The summed E-state index contributed by atoms with van der Waals surface area (Å²) in [5.41, 5.74) is 1.53. The van der Waals surface area contributed by atoms with Crippen LogP contribution in [0.25, 0.3) is 0 Å². The number of rotatable bonds is 16. The molecule has 0 saturated carbocycles. The fourth-order valence-corrected chi connectivity index (χ4v) is 5.00. The molecule has 0 fully saturated rings. The number of anilines is 1. The first-order chi connectivity index (χ1) is 17.7. The maximum Gasteiger partial charge on any atom is 0.242 e. The third kappa shape index (κ3) is 9.72. The van der Waals surface area contributed by atoms with Crippen LogP contribution in [0.15, 0.2) is 54.6 Å². The van der Waals surface area contributed by atoms with Crippen LogP contribution in [0.1, 0.15) is 52.0 Å². The number of hydrogen-bond donors (Lipinski definition) is 1. The number of nitrogens with zero attached hydrogens (tertiary/aromatic N) is 2. The summed E-state index contributed by atoms with van der Waals surface area (Å²) >= 11 is 0. The number of unbranched alkanes of at least 4 members (excludes halogenated alkanes) is 1. The fourth-order valence-electron chi connectivity index (χ4n) is 4.03. The summed E-state index contributed by atoms with van der Waals surface area (Å²) in [7, 11) is -3.60. The van der Waals surface area contributed by atoms with Gasteiger partial charge in [-0.25, -0.2) is 8.42 Å². The molecule has 2 amide bonds. The summed E-state index contributed by atoms with van der Waals surface area (Å²) < 4.78 is 32.1. The highest BCUT2D eigenvalue weighted by molar-refractivity contribution is 7.92. The van der Waals surface area contributed by atoms with E-state index in [-0.39, 0.29) is 24.8 Å². The Morgan fingerprint density at radius 1 is 0.973 bits per heavy atom. The Kier molecular flexibility index (Phi) is 12.4. The number of hydrogen-bond acceptors (Lipinski definition) is 5. The highest BCUT2D eigenvalue weighted by Crippen LogP contribution is 2.30. The molecular formula is C28H41N3O5S. The van der Waals surface area contributed by atoms with Crippen molar-refractivity contribution in [3.05, 3.63) is 60.2 Å². The van der Waals surface area contributed by atoms with E-state index in [9.17, 15) is 18.0 Å².